The predicted octanol–water partition coefficient (Wildman–Crippen LogP) is 2.23. The van der Waals surface area contributed by atoms with Gasteiger partial charge in [-0.2, -0.15) is 0 Å². The summed E-state index contributed by atoms with van der Waals surface area (Å²) < 4.78 is 0. The smallest absolute Gasteiger partial charge is 0.328 e. The van der Waals surface area contributed by atoms with Gasteiger partial charge in [0.1, 0.15) is 0 Å². The van der Waals surface area contributed by atoms with E-state index in [1.165, 1.54) is 6.08 Å². The molecule has 108 valence electrons. The van der Waals surface area contributed by atoms with Crippen molar-refractivity contribution in [2.24, 2.45) is 0 Å². The molecule has 4 heteroatoms. The highest BCUT2D eigenvalue weighted by atomic mass is 16.4. The largest absolute Gasteiger partial charge is 0.478 e. The van der Waals surface area contributed by atoms with E-state index in [0.29, 0.717) is 6.04 Å². The molecule has 2 rings (SSSR count). The van der Waals surface area contributed by atoms with Crippen molar-refractivity contribution in [2.45, 2.75) is 19.9 Å². The molecule has 0 amide bonds. The second kappa shape index (κ2) is 6.09. The Bertz CT molecular complexity index is 525. The molecule has 0 aliphatic carbocycles. The van der Waals surface area contributed by atoms with E-state index in [4.69, 9.17) is 5.11 Å². The van der Waals surface area contributed by atoms with Gasteiger partial charge in [-0.15, -0.1) is 0 Å². The summed E-state index contributed by atoms with van der Waals surface area (Å²) in [5.41, 5.74) is 3.23. The molecule has 1 atom stereocenters. The Morgan fingerprint density at radius 2 is 2.15 bits per heavy atom. The zero-order valence-electron chi connectivity index (χ0n) is 12.3. The Balaban J connectivity index is 2.33. The third-order valence-corrected chi connectivity index (χ3v) is 3.73. The van der Waals surface area contributed by atoms with E-state index < -0.39 is 5.97 Å². The first-order valence-electron chi connectivity index (χ1n) is 6.94. The van der Waals surface area contributed by atoms with Crippen molar-refractivity contribution < 1.29 is 9.90 Å². The van der Waals surface area contributed by atoms with Gasteiger partial charge in [-0.1, -0.05) is 11.6 Å². The Kier molecular flexibility index (Phi) is 4.45. The predicted molar refractivity (Wildman–Crippen MR) is 82.2 cm³/mol. The number of likely N-dealkylation sites (N-methyl/N-ethyl adjacent to an activating group) is 1. The van der Waals surface area contributed by atoms with Crippen LogP contribution in [0.2, 0.25) is 0 Å². The molecular weight excluding hydrogens is 252 g/mol. The number of piperazine rings is 1. The zero-order chi connectivity index (χ0) is 14.7. The van der Waals surface area contributed by atoms with Gasteiger partial charge < -0.3 is 14.9 Å². The number of benzene rings is 1. The highest BCUT2D eigenvalue weighted by Crippen LogP contribution is 2.26. The lowest BCUT2D eigenvalue weighted by Gasteiger charge is -2.40. The Hall–Kier alpha value is -1.81. The summed E-state index contributed by atoms with van der Waals surface area (Å²) in [6, 6.07) is 6.64. The lowest BCUT2D eigenvalue weighted by atomic mass is 10.0. The van der Waals surface area contributed by atoms with Crippen LogP contribution in [0.3, 0.4) is 0 Å². The van der Waals surface area contributed by atoms with Crippen molar-refractivity contribution in [3.05, 3.63) is 35.4 Å². The average Bonchev–Trinajstić information content (AvgIpc) is 2.37. The molecule has 1 aliphatic heterocycles. The number of anilines is 1. The molecule has 0 radical (unpaired) electrons. The molecule has 1 unspecified atom stereocenters. The summed E-state index contributed by atoms with van der Waals surface area (Å²) in [7, 11) is 2.13. The van der Waals surface area contributed by atoms with Gasteiger partial charge in [0.25, 0.3) is 0 Å². The number of rotatable bonds is 3. The number of carbonyl (C=O) groups is 1. The van der Waals surface area contributed by atoms with E-state index in [1.807, 2.05) is 13.0 Å². The normalized spacial score (nSPS) is 20.6. The van der Waals surface area contributed by atoms with Crippen LogP contribution in [0.4, 0.5) is 5.69 Å². The summed E-state index contributed by atoms with van der Waals surface area (Å²) in [5.74, 6) is -0.913. The quantitative estimate of drug-likeness (QED) is 0.859. The van der Waals surface area contributed by atoms with E-state index in [1.54, 1.807) is 6.08 Å². The number of hydrogen-bond acceptors (Lipinski definition) is 3. The maximum absolute atomic E-state index is 10.7. The van der Waals surface area contributed by atoms with Gasteiger partial charge in [0.05, 0.1) is 0 Å². The zero-order valence-corrected chi connectivity index (χ0v) is 12.3. The molecule has 1 aromatic rings. The monoisotopic (exact) mass is 274 g/mol. The molecule has 0 bridgehead atoms. The van der Waals surface area contributed by atoms with E-state index in [9.17, 15) is 4.79 Å². The summed E-state index contributed by atoms with van der Waals surface area (Å²) in [6.07, 6.45) is 2.90. The fraction of sp³-hybridized carbons (Fsp3) is 0.438. The number of nitrogens with zero attached hydrogens (tertiary/aromatic N) is 2. The van der Waals surface area contributed by atoms with Gasteiger partial charge in [-0.05, 0) is 44.7 Å². The second-order valence-corrected chi connectivity index (χ2v) is 5.54. The topological polar surface area (TPSA) is 43.8 Å². The van der Waals surface area contributed by atoms with Crippen molar-refractivity contribution in [3.63, 3.8) is 0 Å². The van der Waals surface area contributed by atoms with E-state index in [-0.39, 0.29) is 0 Å². The molecule has 20 heavy (non-hydrogen) atoms. The molecule has 1 fully saturated rings. The standard InChI is InChI=1S/C16H22N2O2/c1-12-4-6-15(14(10-12)5-7-16(19)20)18-9-8-17(3)11-13(18)2/h4-7,10,13H,8-9,11H2,1-3H3,(H,19,20)/b7-5+. The molecule has 1 heterocycles. The lowest BCUT2D eigenvalue weighted by Crippen LogP contribution is -2.50. The summed E-state index contributed by atoms with van der Waals surface area (Å²) in [6.45, 7) is 7.25. The Morgan fingerprint density at radius 1 is 1.40 bits per heavy atom. The van der Waals surface area contributed by atoms with Crippen molar-refractivity contribution >= 4 is 17.7 Å². The summed E-state index contributed by atoms with van der Waals surface area (Å²) in [4.78, 5) is 15.4. The molecule has 1 saturated heterocycles. The van der Waals surface area contributed by atoms with Crippen LogP contribution in [0, 0.1) is 6.92 Å². The molecule has 1 aliphatic rings. The fourth-order valence-corrected chi connectivity index (χ4v) is 2.73. The van der Waals surface area contributed by atoms with Gasteiger partial charge in [-0.25, -0.2) is 4.79 Å². The molecule has 1 aromatic carbocycles. The van der Waals surface area contributed by atoms with Gasteiger partial charge >= 0.3 is 5.97 Å². The van der Waals surface area contributed by atoms with Crippen molar-refractivity contribution in [2.75, 3.05) is 31.6 Å². The van der Waals surface area contributed by atoms with Crippen molar-refractivity contribution in [1.29, 1.82) is 0 Å². The highest BCUT2D eigenvalue weighted by molar-refractivity contribution is 5.87. The third-order valence-electron chi connectivity index (χ3n) is 3.73. The van der Waals surface area contributed by atoms with Crippen LogP contribution in [0.15, 0.2) is 24.3 Å². The Labute approximate surface area is 120 Å². The average molecular weight is 274 g/mol. The maximum Gasteiger partial charge on any atom is 0.328 e. The first-order chi connectivity index (χ1) is 9.47. The van der Waals surface area contributed by atoms with Gasteiger partial charge in [0, 0.05) is 37.4 Å². The SMILES string of the molecule is Cc1ccc(N2CCN(C)CC2C)c(/C=C/C(=O)O)c1. The Morgan fingerprint density at radius 3 is 2.80 bits per heavy atom. The van der Waals surface area contributed by atoms with E-state index >= 15 is 0 Å². The number of aryl methyl sites for hydroxylation is 1. The van der Waals surface area contributed by atoms with Crippen LogP contribution in [-0.2, 0) is 4.79 Å². The molecule has 0 aromatic heterocycles. The van der Waals surface area contributed by atoms with Crippen LogP contribution < -0.4 is 4.90 Å². The van der Waals surface area contributed by atoms with Crippen LogP contribution in [-0.4, -0.2) is 48.7 Å². The molecule has 4 nitrogen and oxygen atoms in total. The number of carboxylic acids is 1. The van der Waals surface area contributed by atoms with Gasteiger partial charge in [-0.3, -0.25) is 0 Å². The summed E-state index contributed by atoms with van der Waals surface area (Å²) in [5, 5.41) is 8.82. The van der Waals surface area contributed by atoms with Gasteiger partial charge in [0.2, 0.25) is 0 Å². The maximum atomic E-state index is 10.7. The molecule has 0 saturated carbocycles. The second-order valence-electron chi connectivity index (χ2n) is 5.54. The van der Waals surface area contributed by atoms with Crippen LogP contribution in [0.5, 0.6) is 0 Å². The number of carboxylic acid groups (broad SMARTS) is 1. The van der Waals surface area contributed by atoms with Crippen LogP contribution in [0.1, 0.15) is 18.1 Å². The third kappa shape index (κ3) is 3.39. The van der Waals surface area contributed by atoms with E-state index in [2.05, 4.69) is 35.9 Å². The molecule has 1 N–H and O–H groups in total. The first kappa shape index (κ1) is 14.6. The number of hydrogen-bond donors (Lipinski definition) is 1. The van der Waals surface area contributed by atoms with Crippen LogP contribution >= 0.6 is 0 Å². The summed E-state index contributed by atoms with van der Waals surface area (Å²) >= 11 is 0. The number of aliphatic carboxylic acids is 1. The van der Waals surface area contributed by atoms with Gasteiger partial charge in [0.15, 0.2) is 0 Å². The molecular formula is C16H22N2O2. The lowest BCUT2D eigenvalue weighted by molar-refractivity contribution is -0.131. The highest BCUT2D eigenvalue weighted by Gasteiger charge is 2.22. The molecule has 0 spiro atoms. The minimum Gasteiger partial charge on any atom is -0.478 e. The first-order valence-corrected chi connectivity index (χ1v) is 6.94. The van der Waals surface area contributed by atoms with Crippen molar-refractivity contribution in [3.8, 4) is 0 Å². The van der Waals surface area contributed by atoms with E-state index in [0.717, 1.165) is 36.4 Å². The van der Waals surface area contributed by atoms with Crippen molar-refractivity contribution in [1.82, 2.24) is 4.90 Å². The van der Waals surface area contributed by atoms with Crippen LogP contribution in [0.25, 0.3) is 6.08 Å². The minimum atomic E-state index is -0.913. The minimum absolute atomic E-state index is 0.424. The fourth-order valence-electron chi connectivity index (χ4n) is 2.73.